The lowest BCUT2D eigenvalue weighted by Crippen LogP contribution is -2.32. The SMILES string of the molecule is COc1ccccc1N[C@@H](C)C(=O)Nc1cc([N+](=O)[O-])ccc1Cl. The number of ether oxygens (including phenoxy) is 1. The molecule has 0 aromatic heterocycles. The molecule has 0 saturated heterocycles. The summed E-state index contributed by atoms with van der Waals surface area (Å²) >= 11 is 5.98. The number of non-ortho nitro benzene ring substituents is 1. The first-order valence-corrected chi connectivity index (χ1v) is 7.44. The van der Waals surface area contributed by atoms with Crippen LogP contribution in [0.4, 0.5) is 17.1 Å². The maximum absolute atomic E-state index is 12.3. The monoisotopic (exact) mass is 349 g/mol. The van der Waals surface area contributed by atoms with Crippen LogP contribution in [0, 0.1) is 10.1 Å². The van der Waals surface area contributed by atoms with Crippen LogP contribution in [-0.2, 0) is 4.79 Å². The highest BCUT2D eigenvalue weighted by molar-refractivity contribution is 6.33. The number of methoxy groups -OCH3 is 1. The zero-order chi connectivity index (χ0) is 17.7. The van der Waals surface area contributed by atoms with Crippen molar-refractivity contribution in [3.8, 4) is 5.75 Å². The topological polar surface area (TPSA) is 93.5 Å². The smallest absolute Gasteiger partial charge is 0.271 e. The number of halogens is 1. The maximum Gasteiger partial charge on any atom is 0.271 e. The molecule has 2 N–H and O–H groups in total. The molecule has 126 valence electrons. The van der Waals surface area contributed by atoms with E-state index < -0.39 is 11.0 Å². The number of carbonyl (C=O) groups excluding carboxylic acids is 1. The Balaban J connectivity index is 2.12. The number of amides is 1. The number of benzene rings is 2. The molecule has 1 amide bonds. The highest BCUT2D eigenvalue weighted by atomic mass is 35.5. The third-order valence-electron chi connectivity index (χ3n) is 3.29. The van der Waals surface area contributed by atoms with E-state index in [0.29, 0.717) is 11.4 Å². The molecule has 0 aliphatic heterocycles. The first kappa shape index (κ1) is 17.6. The molecular formula is C16H16ClN3O4. The van der Waals surface area contributed by atoms with Crippen molar-refractivity contribution in [3.63, 3.8) is 0 Å². The zero-order valence-corrected chi connectivity index (χ0v) is 13.8. The summed E-state index contributed by atoms with van der Waals surface area (Å²) in [6, 6.07) is 10.4. The third kappa shape index (κ3) is 4.14. The lowest BCUT2D eigenvalue weighted by molar-refractivity contribution is -0.384. The van der Waals surface area contributed by atoms with Gasteiger partial charge in [0.05, 0.1) is 28.4 Å². The van der Waals surface area contributed by atoms with Crippen molar-refractivity contribution in [2.75, 3.05) is 17.7 Å². The van der Waals surface area contributed by atoms with Crippen LogP contribution in [0.2, 0.25) is 5.02 Å². The fraction of sp³-hybridized carbons (Fsp3) is 0.188. The number of nitro groups is 1. The van der Waals surface area contributed by atoms with Crippen LogP contribution in [0.1, 0.15) is 6.92 Å². The van der Waals surface area contributed by atoms with E-state index in [-0.39, 0.29) is 22.3 Å². The van der Waals surface area contributed by atoms with Crippen molar-refractivity contribution >= 4 is 34.6 Å². The zero-order valence-electron chi connectivity index (χ0n) is 13.1. The van der Waals surface area contributed by atoms with Crippen molar-refractivity contribution in [2.45, 2.75) is 13.0 Å². The summed E-state index contributed by atoms with van der Waals surface area (Å²) in [6.45, 7) is 1.66. The highest BCUT2D eigenvalue weighted by Gasteiger charge is 2.17. The van der Waals surface area contributed by atoms with E-state index in [1.807, 2.05) is 12.1 Å². The van der Waals surface area contributed by atoms with Crippen LogP contribution in [0.25, 0.3) is 0 Å². The van der Waals surface area contributed by atoms with Gasteiger partial charge in [-0.25, -0.2) is 0 Å². The number of anilines is 2. The quantitative estimate of drug-likeness (QED) is 0.612. The van der Waals surface area contributed by atoms with Crippen molar-refractivity contribution in [1.82, 2.24) is 0 Å². The molecule has 0 saturated carbocycles. The van der Waals surface area contributed by atoms with Gasteiger partial charge in [-0.1, -0.05) is 23.7 Å². The number of nitrogens with zero attached hydrogens (tertiary/aromatic N) is 1. The molecular weight excluding hydrogens is 334 g/mol. The second-order valence-corrected chi connectivity index (χ2v) is 5.38. The highest BCUT2D eigenvalue weighted by Crippen LogP contribution is 2.27. The number of nitrogens with one attached hydrogen (secondary N) is 2. The summed E-state index contributed by atoms with van der Waals surface area (Å²) in [5.41, 5.74) is 0.692. The molecule has 0 aliphatic rings. The first-order valence-electron chi connectivity index (χ1n) is 7.06. The van der Waals surface area contributed by atoms with Crippen LogP contribution < -0.4 is 15.4 Å². The van der Waals surface area contributed by atoms with E-state index in [1.54, 1.807) is 19.1 Å². The van der Waals surface area contributed by atoms with Crippen LogP contribution >= 0.6 is 11.6 Å². The van der Waals surface area contributed by atoms with Crippen LogP contribution in [0.5, 0.6) is 5.75 Å². The van der Waals surface area contributed by atoms with E-state index in [4.69, 9.17) is 16.3 Å². The summed E-state index contributed by atoms with van der Waals surface area (Å²) < 4.78 is 5.22. The number of para-hydroxylation sites is 2. The minimum Gasteiger partial charge on any atom is -0.495 e. The predicted octanol–water partition coefficient (Wildman–Crippen LogP) is 3.70. The Hall–Kier alpha value is -2.80. The lowest BCUT2D eigenvalue weighted by atomic mass is 10.2. The summed E-state index contributed by atoms with van der Waals surface area (Å²) in [5.74, 6) is 0.217. The molecule has 0 heterocycles. The minimum atomic E-state index is -0.614. The molecule has 2 aromatic rings. The Morgan fingerprint density at radius 3 is 2.62 bits per heavy atom. The second-order valence-electron chi connectivity index (χ2n) is 4.98. The molecule has 0 bridgehead atoms. The summed E-state index contributed by atoms with van der Waals surface area (Å²) in [4.78, 5) is 22.6. The number of nitro benzene ring substituents is 1. The van der Waals surface area contributed by atoms with Crippen molar-refractivity contribution in [3.05, 3.63) is 57.6 Å². The molecule has 0 unspecified atom stereocenters. The Morgan fingerprint density at radius 1 is 1.25 bits per heavy atom. The van der Waals surface area contributed by atoms with E-state index >= 15 is 0 Å². The molecule has 0 radical (unpaired) electrons. The molecule has 2 aromatic carbocycles. The number of carbonyl (C=O) groups is 1. The predicted molar refractivity (Wildman–Crippen MR) is 92.8 cm³/mol. The number of hydrogen-bond donors (Lipinski definition) is 2. The fourth-order valence-electron chi connectivity index (χ4n) is 2.03. The average molecular weight is 350 g/mol. The Labute approximate surface area is 143 Å². The van der Waals surface area contributed by atoms with Crippen molar-refractivity contribution in [1.29, 1.82) is 0 Å². The maximum atomic E-state index is 12.3. The van der Waals surface area contributed by atoms with Crippen molar-refractivity contribution in [2.24, 2.45) is 0 Å². The van der Waals surface area contributed by atoms with Gasteiger partial charge in [-0.15, -0.1) is 0 Å². The Kier molecular flexibility index (Phi) is 5.59. The third-order valence-corrected chi connectivity index (χ3v) is 3.62. The van der Waals surface area contributed by atoms with Gasteiger partial charge in [-0.3, -0.25) is 14.9 Å². The Morgan fingerprint density at radius 2 is 1.96 bits per heavy atom. The van der Waals surface area contributed by atoms with Gasteiger partial charge in [-0.2, -0.15) is 0 Å². The molecule has 0 fully saturated rings. The van der Waals surface area contributed by atoms with E-state index in [0.717, 1.165) is 0 Å². The average Bonchev–Trinajstić information content (AvgIpc) is 2.57. The standard InChI is InChI=1S/C16H16ClN3O4/c1-10(18-13-5-3-4-6-15(13)24-2)16(21)19-14-9-11(20(22)23)7-8-12(14)17/h3-10,18H,1-2H3,(H,19,21)/t10-/m0/s1. The van der Waals surface area contributed by atoms with Gasteiger partial charge in [0.2, 0.25) is 5.91 Å². The van der Waals surface area contributed by atoms with Gasteiger partial charge in [-0.05, 0) is 25.1 Å². The summed E-state index contributed by atoms with van der Waals surface area (Å²) in [7, 11) is 1.54. The molecule has 2 rings (SSSR count). The van der Waals surface area contributed by atoms with Crippen LogP contribution in [-0.4, -0.2) is 24.0 Å². The van der Waals surface area contributed by atoms with Gasteiger partial charge < -0.3 is 15.4 Å². The first-order chi connectivity index (χ1) is 11.4. The normalized spacial score (nSPS) is 11.5. The van der Waals surface area contributed by atoms with E-state index in [1.165, 1.54) is 25.3 Å². The molecule has 0 aliphatic carbocycles. The van der Waals surface area contributed by atoms with Gasteiger partial charge in [0, 0.05) is 12.1 Å². The number of rotatable bonds is 6. The van der Waals surface area contributed by atoms with Crippen LogP contribution in [0.15, 0.2) is 42.5 Å². The van der Waals surface area contributed by atoms with E-state index in [9.17, 15) is 14.9 Å². The minimum absolute atomic E-state index is 0.153. The van der Waals surface area contributed by atoms with Gasteiger partial charge in [0.15, 0.2) is 0 Å². The molecule has 0 spiro atoms. The largest absolute Gasteiger partial charge is 0.495 e. The fourth-order valence-corrected chi connectivity index (χ4v) is 2.19. The summed E-state index contributed by atoms with van der Waals surface area (Å²) in [5, 5.41) is 16.6. The molecule has 8 heteroatoms. The Bertz CT molecular complexity index is 767. The van der Waals surface area contributed by atoms with Gasteiger partial charge in [0.25, 0.3) is 5.69 Å². The molecule has 1 atom stereocenters. The summed E-state index contributed by atoms with van der Waals surface area (Å²) in [6.07, 6.45) is 0. The number of hydrogen-bond acceptors (Lipinski definition) is 5. The molecule has 7 nitrogen and oxygen atoms in total. The van der Waals surface area contributed by atoms with Crippen LogP contribution in [0.3, 0.4) is 0 Å². The van der Waals surface area contributed by atoms with Gasteiger partial charge in [0.1, 0.15) is 11.8 Å². The van der Waals surface area contributed by atoms with E-state index in [2.05, 4.69) is 10.6 Å². The second kappa shape index (κ2) is 7.65. The van der Waals surface area contributed by atoms with Crippen molar-refractivity contribution < 1.29 is 14.5 Å². The lowest BCUT2D eigenvalue weighted by Gasteiger charge is -2.17. The molecule has 24 heavy (non-hydrogen) atoms. The van der Waals surface area contributed by atoms with Gasteiger partial charge >= 0.3 is 0 Å².